The van der Waals surface area contributed by atoms with Gasteiger partial charge >= 0.3 is 5.97 Å². The van der Waals surface area contributed by atoms with Crippen molar-refractivity contribution in [3.63, 3.8) is 0 Å². The number of nitrogens with one attached hydrogen (secondary N) is 1. The predicted octanol–water partition coefficient (Wildman–Crippen LogP) is 5.19. The van der Waals surface area contributed by atoms with E-state index in [1.807, 2.05) is 36.4 Å². The molecule has 2 N–H and O–H groups in total. The largest absolute Gasteiger partial charge is 0.497 e. The number of hydrogen-bond donors (Lipinski definition) is 2. The Bertz CT molecular complexity index is 1010. The van der Waals surface area contributed by atoms with Crippen LogP contribution in [0.25, 0.3) is 0 Å². The Morgan fingerprint density at radius 1 is 0.935 bits per heavy atom. The van der Waals surface area contributed by atoms with Crippen molar-refractivity contribution in [2.75, 3.05) is 13.7 Å². The van der Waals surface area contributed by atoms with Gasteiger partial charge in [0, 0.05) is 23.0 Å². The first-order chi connectivity index (χ1) is 15.0. The van der Waals surface area contributed by atoms with Crippen molar-refractivity contribution in [2.45, 2.75) is 18.9 Å². The van der Waals surface area contributed by atoms with Crippen LogP contribution in [0.4, 0.5) is 0 Å². The van der Waals surface area contributed by atoms with Crippen molar-refractivity contribution in [3.8, 4) is 5.75 Å². The molecular weight excluding hydrogens is 414 g/mol. The minimum Gasteiger partial charge on any atom is -0.497 e. The minimum absolute atomic E-state index is 0.0239. The Hall–Kier alpha value is -3.15. The summed E-state index contributed by atoms with van der Waals surface area (Å²) in [6, 6.07) is 21.2. The van der Waals surface area contributed by atoms with Crippen molar-refractivity contribution in [2.24, 2.45) is 0 Å². The monoisotopic (exact) mass is 437 g/mol. The average Bonchev–Trinajstić information content (AvgIpc) is 2.79. The summed E-state index contributed by atoms with van der Waals surface area (Å²) in [5.74, 6) is -0.161. The zero-order valence-electron chi connectivity index (χ0n) is 17.2. The Labute approximate surface area is 186 Å². The molecule has 6 heteroatoms. The lowest BCUT2D eigenvalue weighted by molar-refractivity contribution is 0.0696. The Kier molecular flexibility index (Phi) is 7.82. The summed E-state index contributed by atoms with van der Waals surface area (Å²) in [5, 5.41) is 13.1. The van der Waals surface area contributed by atoms with E-state index in [1.165, 1.54) is 0 Å². The molecule has 0 aliphatic carbocycles. The van der Waals surface area contributed by atoms with E-state index < -0.39 is 5.97 Å². The summed E-state index contributed by atoms with van der Waals surface area (Å²) in [5.41, 5.74) is 2.90. The lowest BCUT2D eigenvalue weighted by Crippen LogP contribution is -2.26. The number of methoxy groups -OCH3 is 1. The molecule has 0 fully saturated rings. The average molecular weight is 438 g/mol. The van der Waals surface area contributed by atoms with Gasteiger partial charge in [0.05, 0.1) is 12.7 Å². The highest BCUT2D eigenvalue weighted by Crippen LogP contribution is 2.23. The van der Waals surface area contributed by atoms with E-state index in [1.54, 1.807) is 43.5 Å². The molecule has 0 amide bonds. The fraction of sp³-hybridized carbons (Fsp3) is 0.200. The maximum Gasteiger partial charge on any atom is 0.335 e. The second-order valence-corrected chi connectivity index (χ2v) is 7.60. The molecule has 3 aromatic carbocycles. The third-order valence-corrected chi connectivity index (χ3v) is 5.33. The molecule has 3 rings (SSSR count). The van der Waals surface area contributed by atoms with Gasteiger partial charge in [-0.3, -0.25) is 4.79 Å². The number of hydrogen-bond acceptors (Lipinski definition) is 4. The van der Waals surface area contributed by atoms with Crippen molar-refractivity contribution in [1.29, 1.82) is 0 Å². The summed E-state index contributed by atoms with van der Waals surface area (Å²) in [4.78, 5) is 23.8. The van der Waals surface area contributed by atoms with Gasteiger partial charge in [0.1, 0.15) is 5.75 Å². The number of Topliss-reactive ketones (excluding diaryl/α,β-unsaturated/α-hetero) is 1. The molecule has 0 heterocycles. The molecule has 3 aromatic rings. The highest BCUT2D eigenvalue weighted by molar-refractivity contribution is 6.30. The van der Waals surface area contributed by atoms with Gasteiger partial charge in [0.2, 0.25) is 0 Å². The van der Waals surface area contributed by atoms with E-state index in [2.05, 4.69) is 5.32 Å². The molecule has 0 aromatic heterocycles. The highest BCUT2D eigenvalue weighted by Gasteiger charge is 2.17. The normalized spacial score (nSPS) is 11.7. The molecule has 0 radical (unpaired) electrons. The van der Waals surface area contributed by atoms with Gasteiger partial charge in [-0.2, -0.15) is 0 Å². The summed E-state index contributed by atoms with van der Waals surface area (Å²) in [6.45, 7) is 0.636. The van der Waals surface area contributed by atoms with Crippen LogP contribution in [0.3, 0.4) is 0 Å². The first kappa shape index (κ1) is 22.5. The van der Waals surface area contributed by atoms with E-state index in [0.29, 0.717) is 30.0 Å². The first-order valence-corrected chi connectivity index (χ1v) is 10.3. The number of ether oxygens (including phenoxy) is 1. The maximum absolute atomic E-state index is 12.8. The van der Waals surface area contributed by atoms with Gasteiger partial charge in [-0.25, -0.2) is 4.79 Å². The van der Waals surface area contributed by atoms with E-state index >= 15 is 0 Å². The smallest absolute Gasteiger partial charge is 0.335 e. The minimum atomic E-state index is -0.940. The predicted molar refractivity (Wildman–Crippen MR) is 121 cm³/mol. The first-order valence-electron chi connectivity index (χ1n) is 9.94. The van der Waals surface area contributed by atoms with Gasteiger partial charge in [0.15, 0.2) is 5.78 Å². The third kappa shape index (κ3) is 6.41. The van der Waals surface area contributed by atoms with Crippen LogP contribution in [0.15, 0.2) is 72.8 Å². The molecule has 0 saturated heterocycles. The van der Waals surface area contributed by atoms with Crippen LogP contribution in [0.5, 0.6) is 5.75 Å². The second-order valence-electron chi connectivity index (χ2n) is 7.17. The van der Waals surface area contributed by atoms with Crippen molar-refractivity contribution in [3.05, 3.63) is 100 Å². The zero-order valence-corrected chi connectivity index (χ0v) is 17.9. The highest BCUT2D eigenvalue weighted by atomic mass is 35.5. The fourth-order valence-corrected chi connectivity index (χ4v) is 3.41. The number of rotatable bonds is 10. The summed E-state index contributed by atoms with van der Waals surface area (Å²) in [6.07, 6.45) is 1.01. The van der Waals surface area contributed by atoms with Gasteiger partial charge in [-0.15, -0.1) is 0 Å². The van der Waals surface area contributed by atoms with Gasteiger partial charge in [0.25, 0.3) is 0 Å². The lowest BCUT2D eigenvalue weighted by Gasteiger charge is -2.19. The number of aromatic carboxylic acids is 1. The number of carbonyl (C=O) groups excluding carboxylic acids is 1. The van der Waals surface area contributed by atoms with Crippen LogP contribution in [-0.2, 0) is 6.42 Å². The number of benzene rings is 3. The van der Waals surface area contributed by atoms with Gasteiger partial charge in [-0.1, -0.05) is 35.9 Å². The molecule has 31 heavy (non-hydrogen) atoms. The number of carboxylic acid groups (broad SMARTS) is 1. The molecule has 5 nitrogen and oxygen atoms in total. The standard InChI is InChI=1S/C25H24ClNO4/c1-31-22-12-8-18(9-13-22)23(16-24(28)19-6-10-21(26)11-7-19)27-15-14-17-2-4-20(5-3-17)25(29)30/h2-13,23,27H,14-16H2,1H3,(H,29,30). The van der Waals surface area contributed by atoms with Gasteiger partial charge < -0.3 is 15.2 Å². The zero-order chi connectivity index (χ0) is 22.2. The van der Waals surface area contributed by atoms with Crippen LogP contribution in [0.2, 0.25) is 5.02 Å². The molecule has 0 saturated carbocycles. The van der Waals surface area contributed by atoms with Crippen molar-refractivity contribution < 1.29 is 19.4 Å². The molecular formula is C25H24ClNO4. The Morgan fingerprint density at radius 2 is 1.55 bits per heavy atom. The topological polar surface area (TPSA) is 75.6 Å². The molecule has 160 valence electrons. The number of carboxylic acids is 1. The van der Waals surface area contributed by atoms with Crippen LogP contribution in [0.1, 0.15) is 44.3 Å². The van der Waals surface area contributed by atoms with Crippen molar-refractivity contribution in [1.82, 2.24) is 5.32 Å². The van der Waals surface area contributed by atoms with Crippen LogP contribution in [0, 0.1) is 0 Å². The van der Waals surface area contributed by atoms with Crippen LogP contribution in [-0.4, -0.2) is 30.5 Å². The van der Waals surface area contributed by atoms with E-state index in [-0.39, 0.29) is 17.4 Å². The Morgan fingerprint density at radius 3 is 2.13 bits per heavy atom. The number of carbonyl (C=O) groups is 2. The fourth-order valence-electron chi connectivity index (χ4n) is 3.29. The van der Waals surface area contributed by atoms with Gasteiger partial charge in [-0.05, 0) is 72.6 Å². The molecule has 1 unspecified atom stereocenters. The maximum atomic E-state index is 12.8. The summed E-state index contributed by atoms with van der Waals surface area (Å²) >= 11 is 5.93. The quantitative estimate of drug-likeness (QED) is 0.427. The molecule has 0 spiro atoms. The SMILES string of the molecule is COc1ccc(C(CC(=O)c2ccc(Cl)cc2)NCCc2ccc(C(=O)O)cc2)cc1. The number of halogens is 1. The lowest BCUT2D eigenvalue weighted by atomic mass is 9.97. The molecule has 0 bridgehead atoms. The molecule has 1 atom stereocenters. The number of ketones is 1. The Balaban J connectivity index is 1.69. The van der Waals surface area contributed by atoms with Crippen LogP contribution < -0.4 is 10.1 Å². The van der Waals surface area contributed by atoms with E-state index in [9.17, 15) is 9.59 Å². The van der Waals surface area contributed by atoms with E-state index in [0.717, 1.165) is 16.9 Å². The molecule has 0 aliphatic rings. The summed E-state index contributed by atoms with van der Waals surface area (Å²) in [7, 11) is 1.62. The van der Waals surface area contributed by atoms with Crippen LogP contribution >= 0.6 is 11.6 Å². The van der Waals surface area contributed by atoms with E-state index in [4.69, 9.17) is 21.4 Å². The van der Waals surface area contributed by atoms with Crippen molar-refractivity contribution >= 4 is 23.4 Å². The third-order valence-electron chi connectivity index (χ3n) is 5.08. The summed E-state index contributed by atoms with van der Waals surface area (Å²) < 4.78 is 5.23. The molecule has 0 aliphatic heterocycles. The second kappa shape index (κ2) is 10.8.